The van der Waals surface area contributed by atoms with Gasteiger partial charge in [-0.2, -0.15) is 0 Å². The van der Waals surface area contributed by atoms with Gasteiger partial charge in [0, 0.05) is 6.54 Å². The van der Waals surface area contributed by atoms with E-state index in [0.29, 0.717) is 12.5 Å². The number of benzene rings is 1. The third kappa shape index (κ3) is 4.13. The van der Waals surface area contributed by atoms with Gasteiger partial charge in [0.25, 0.3) is 0 Å². The molecule has 0 aliphatic carbocycles. The SMILES string of the molecule is CC(C)c1cccc(CNCC(=O)O)c1. The summed E-state index contributed by atoms with van der Waals surface area (Å²) < 4.78 is 0. The summed E-state index contributed by atoms with van der Waals surface area (Å²) in [5, 5.41) is 11.3. The molecule has 0 spiro atoms. The van der Waals surface area contributed by atoms with E-state index in [0.717, 1.165) is 5.56 Å². The fourth-order valence-corrected chi connectivity index (χ4v) is 1.38. The normalized spacial score (nSPS) is 10.6. The summed E-state index contributed by atoms with van der Waals surface area (Å²) in [7, 11) is 0. The second kappa shape index (κ2) is 5.51. The largest absolute Gasteiger partial charge is 0.480 e. The molecule has 0 aliphatic heterocycles. The maximum Gasteiger partial charge on any atom is 0.317 e. The average Bonchev–Trinajstić information content (AvgIpc) is 2.17. The van der Waals surface area contributed by atoms with Gasteiger partial charge in [-0.1, -0.05) is 38.1 Å². The molecular formula is C12H17NO2. The summed E-state index contributed by atoms with van der Waals surface area (Å²) in [5.41, 5.74) is 2.41. The number of carboxylic acids is 1. The number of carboxylic acid groups (broad SMARTS) is 1. The molecule has 0 saturated carbocycles. The highest BCUT2D eigenvalue weighted by molar-refractivity contribution is 5.68. The number of nitrogens with one attached hydrogen (secondary N) is 1. The molecular weight excluding hydrogens is 190 g/mol. The van der Waals surface area contributed by atoms with Crippen LogP contribution in [0.3, 0.4) is 0 Å². The maximum absolute atomic E-state index is 10.3. The van der Waals surface area contributed by atoms with Gasteiger partial charge in [0.05, 0.1) is 6.54 Å². The van der Waals surface area contributed by atoms with Crippen molar-refractivity contribution in [2.75, 3.05) is 6.54 Å². The molecule has 3 heteroatoms. The molecule has 0 bridgehead atoms. The van der Waals surface area contributed by atoms with Crippen LogP contribution in [0.15, 0.2) is 24.3 Å². The number of hydrogen-bond donors (Lipinski definition) is 2. The van der Waals surface area contributed by atoms with E-state index in [4.69, 9.17) is 5.11 Å². The molecule has 0 aliphatic rings. The van der Waals surface area contributed by atoms with Crippen molar-refractivity contribution in [3.8, 4) is 0 Å². The van der Waals surface area contributed by atoms with Gasteiger partial charge in [-0.25, -0.2) is 0 Å². The first kappa shape index (κ1) is 11.7. The van der Waals surface area contributed by atoms with Gasteiger partial charge in [-0.3, -0.25) is 4.79 Å². The topological polar surface area (TPSA) is 49.3 Å². The van der Waals surface area contributed by atoms with Crippen LogP contribution in [0.1, 0.15) is 30.9 Å². The molecule has 0 aromatic heterocycles. The third-order valence-electron chi connectivity index (χ3n) is 2.22. The molecule has 0 unspecified atom stereocenters. The third-order valence-corrected chi connectivity index (χ3v) is 2.22. The summed E-state index contributed by atoms with van der Waals surface area (Å²) in [6, 6.07) is 8.21. The molecule has 0 heterocycles. The minimum atomic E-state index is -0.824. The minimum Gasteiger partial charge on any atom is -0.480 e. The first-order valence-corrected chi connectivity index (χ1v) is 5.11. The van der Waals surface area contributed by atoms with Crippen LogP contribution in [-0.4, -0.2) is 17.6 Å². The van der Waals surface area contributed by atoms with Crippen molar-refractivity contribution in [2.24, 2.45) is 0 Å². The Morgan fingerprint density at radius 2 is 2.20 bits per heavy atom. The van der Waals surface area contributed by atoms with Crippen LogP contribution in [0.5, 0.6) is 0 Å². The summed E-state index contributed by atoms with van der Waals surface area (Å²) >= 11 is 0. The molecule has 0 fully saturated rings. The van der Waals surface area contributed by atoms with Gasteiger partial charge in [-0.05, 0) is 17.0 Å². The summed E-state index contributed by atoms with van der Waals surface area (Å²) in [6.45, 7) is 4.90. The van der Waals surface area contributed by atoms with Crippen molar-refractivity contribution in [3.05, 3.63) is 35.4 Å². The number of aliphatic carboxylic acids is 1. The van der Waals surface area contributed by atoms with Gasteiger partial charge < -0.3 is 10.4 Å². The molecule has 0 radical (unpaired) electrons. The first-order chi connectivity index (χ1) is 7.09. The van der Waals surface area contributed by atoms with Crippen LogP contribution < -0.4 is 5.32 Å². The summed E-state index contributed by atoms with van der Waals surface area (Å²) in [5.74, 6) is -0.320. The van der Waals surface area contributed by atoms with Crippen LogP contribution >= 0.6 is 0 Å². The maximum atomic E-state index is 10.3. The molecule has 2 N–H and O–H groups in total. The predicted molar refractivity (Wildman–Crippen MR) is 59.9 cm³/mol. The average molecular weight is 207 g/mol. The van der Waals surface area contributed by atoms with Gasteiger partial charge in [0.2, 0.25) is 0 Å². The lowest BCUT2D eigenvalue weighted by Gasteiger charge is -2.08. The molecule has 0 saturated heterocycles. The van der Waals surface area contributed by atoms with Gasteiger partial charge in [0.1, 0.15) is 0 Å². The van der Waals surface area contributed by atoms with E-state index >= 15 is 0 Å². The lowest BCUT2D eigenvalue weighted by atomic mass is 10.0. The number of rotatable bonds is 5. The van der Waals surface area contributed by atoms with Crippen molar-refractivity contribution >= 4 is 5.97 Å². The lowest BCUT2D eigenvalue weighted by molar-refractivity contribution is -0.135. The molecule has 0 amide bonds. The van der Waals surface area contributed by atoms with Crippen molar-refractivity contribution in [3.63, 3.8) is 0 Å². The fourth-order valence-electron chi connectivity index (χ4n) is 1.38. The van der Waals surface area contributed by atoms with E-state index in [-0.39, 0.29) is 6.54 Å². The van der Waals surface area contributed by atoms with E-state index in [9.17, 15) is 4.79 Å². The predicted octanol–water partition coefficient (Wildman–Crippen LogP) is 1.98. The molecule has 1 rings (SSSR count). The quantitative estimate of drug-likeness (QED) is 0.776. The van der Waals surface area contributed by atoms with E-state index in [1.54, 1.807) is 0 Å². The Morgan fingerprint density at radius 3 is 2.80 bits per heavy atom. The van der Waals surface area contributed by atoms with Crippen LogP contribution in [0, 0.1) is 0 Å². The molecule has 1 aromatic carbocycles. The Morgan fingerprint density at radius 1 is 1.47 bits per heavy atom. The summed E-state index contributed by atoms with van der Waals surface area (Å²) in [6.07, 6.45) is 0. The standard InChI is InChI=1S/C12H17NO2/c1-9(2)11-5-3-4-10(6-11)7-13-8-12(14)15/h3-6,9,13H,7-8H2,1-2H3,(H,14,15). The zero-order chi connectivity index (χ0) is 11.3. The van der Waals surface area contributed by atoms with Crippen molar-refractivity contribution < 1.29 is 9.90 Å². The molecule has 15 heavy (non-hydrogen) atoms. The Kier molecular flexibility index (Phi) is 4.31. The Bertz CT molecular complexity index is 334. The van der Waals surface area contributed by atoms with E-state index in [2.05, 4.69) is 31.3 Å². The van der Waals surface area contributed by atoms with E-state index < -0.39 is 5.97 Å². The van der Waals surface area contributed by atoms with Crippen molar-refractivity contribution in [1.29, 1.82) is 0 Å². The van der Waals surface area contributed by atoms with E-state index in [1.165, 1.54) is 5.56 Å². The highest BCUT2D eigenvalue weighted by Gasteiger charge is 2.00. The fraction of sp³-hybridized carbons (Fsp3) is 0.417. The van der Waals surface area contributed by atoms with Crippen LogP contribution in [0.25, 0.3) is 0 Å². The monoisotopic (exact) mass is 207 g/mol. The Hall–Kier alpha value is -1.35. The zero-order valence-electron chi connectivity index (χ0n) is 9.16. The Balaban J connectivity index is 2.54. The van der Waals surface area contributed by atoms with Gasteiger partial charge >= 0.3 is 5.97 Å². The van der Waals surface area contributed by atoms with Crippen molar-refractivity contribution in [1.82, 2.24) is 5.32 Å². The van der Waals surface area contributed by atoms with Gasteiger partial charge in [-0.15, -0.1) is 0 Å². The van der Waals surface area contributed by atoms with Gasteiger partial charge in [0.15, 0.2) is 0 Å². The van der Waals surface area contributed by atoms with Crippen LogP contribution in [0.4, 0.5) is 0 Å². The Labute approximate surface area is 90.1 Å². The highest BCUT2D eigenvalue weighted by Crippen LogP contribution is 2.15. The molecule has 3 nitrogen and oxygen atoms in total. The zero-order valence-corrected chi connectivity index (χ0v) is 9.16. The molecule has 1 aromatic rings. The van der Waals surface area contributed by atoms with Crippen molar-refractivity contribution in [2.45, 2.75) is 26.3 Å². The molecule has 82 valence electrons. The second-order valence-corrected chi connectivity index (χ2v) is 3.90. The first-order valence-electron chi connectivity index (χ1n) is 5.11. The highest BCUT2D eigenvalue weighted by atomic mass is 16.4. The van der Waals surface area contributed by atoms with Crippen LogP contribution in [-0.2, 0) is 11.3 Å². The summed E-state index contributed by atoms with van der Waals surface area (Å²) in [4.78, 5) is 10.3. The van der Waals surface area contributed by atoms with Crippen LogP contribution in [0.2, 0.25) is 0 Å². The molecule has 0 atom stereocenters. The number of carbonyl (C=O) groups is 1. The smallest absolute Gasteiger partial charge is 0.317 e. The lowest BCUT2D eigenvalue weighted by Crippen LogP contribution is -2.21. The van der Waals surface area contributed by atoms with E-state index in [1.807, 2.05) is 12.1 Å². The number of hydrogen-bond acceptors (Lipinski definition) is 2. The minimum absolute atomic E-state index is 0.00586. The second-order valence-electron chi connectivity index (χ2n) is 3.90.